The van der Waals surface area contributed by atoms with E-state index in [1.54, 1.807) is 0 Å². The van der Waals surface area contributed by atoms with Crippen LogP contribution >= 0.6 is 0 Å². The third-order valence-corrected chi connectivity index (χ3v) is 2.91. The van der Waals surface area contributed by atoms with Crippen molar-refractivity contribution < 1.29 is 21.7 Å². The second-order valence-electron chi connectivity index (χ2n) is 4.11. The van der Waals surface area contributed by atoms with E-state index in [9.17, 15) is 13.0 Å². The van der Waals surface area contributed by atoms with Gasteiger partial charge < -0.3 is 4.55 Å². The zero-order valence-corrected chi connectivity index (χ0v) is 12.2. The molecule has 1 aromatic heterocycles. The molecule has 2 rings (SSSR count). The summed E-state index contributed by atoms with van der Waals surface area (Å²) < 4.78 is 33.1. The van der Waals surface area contributed by atoms with Gasteiger partial charge in [0.15, 0.2) is 12.4 Å². The lowest BCUT2D eigenvalue weighted by Crippen LogP contribution is -2.25. The molecule has 1 aromatic carbocycles. The Hall–Kier alpha value is -1.76. The van der Waals surface area contributed by atoms with E-state index in [1.807, 2.05) is 7.05 Å². The topological polar surface area (TPSA) is 70.3 Å². The van der Waals surface area contributed by atoms with E-state index in [4.69, 9.17) is 0 Å². The van der Waals surface area contributed by atoms with E-state index >= 15 is 0 Å². The molecular formula is C14H17NO4S. The number of pyridine rings is 1. The van der Waals surface area contributed by atoms with E-state index in [0.717, 1.165) is 13.5 Å². The highest BCUT2D eigenvalue weighted by atomic mass is 32.3. The van der Waals surface area contributed by atoms with E-state index < -0.39 is 10.4 Å². The van der Waals surface area contributed by atoms with Gasteiger partial charge in [0, 0.05) is 12.1 Å². The summed E-state index contributed by atoms with van der Waals surface area (Å²) >= 11 is 0. The molecule has 1 heterocycles. The maximum absolute atomic E-state index is 9.22. The molecule has 0 radical (unpaired) electrons. The first-order valence-electron chi connectivity index (χ1n) is 5.90. The van der Waals surface area contributed by atoms with Crippen LogP contribution in [0.1, 0.15) is 11.1 Å². The van der Waals surface area contributed by atoms with Gasteiger partial charge in [-0.25, -0.2) is 13.0 Å². The number of aromatic nitrogens is 1. The number of hydrogen-bond acceptors (Lipinski definition) is 4. The summed E-state index contributed by atoms with van der Waals surface area (Å²) in [5.41, 5.74) is 2.72. The average Bonchev–Trinajstić information content (AvgIpc) is 2.43. The van der Waals surface area contributed by atoms with Crippen molar-refractivity contribution in [2.24, 2.45) is 7.05 Å². The third kappa shape index (κ3) is 6.98. The Bertz CT molecular complexity index is 609. The van der Waals surface area contributed by atoms with Gasteiger partial charge in [-0.05, 0) is 17.5 Å². The first-order valence-corrected chi connectivity index (χ1v) is 7.23. The van der Waals surface area contributed by atoms with Gasteiger partial charge in [-0.1, -0.05) is 30.3 Å². The Labute approximate surface area is 119 Å². The molecule has 0 bridgehead atoms. The van der Waals surface area contributed by atoms with E-state index in [-0.39, 0.29) is 0 Å². The van der Waals surface area contributed by atoms with Crippen LogP contribution in [-0.2, 0) is 28.1 Å². The molecule has 0 amide bonds. The Morgan fingerprint density at radius 1 is 1.05 bits per heavy atom. The van der Waals surface area contributed by atoms with Crippen molar-refractivity contribution in [2.75, 3.05) is 7.11 Å². The molecule has 6 heteroatoms. The zero-order chi connectivity index (χ0) is 15.0. The summed E-state index contributed by atoms with van der Waals surface area (Å²) in [6.45, 7) is 0. The quantitative estimate of drug-likeness (QED) is 0.484. The molecule has 0 atom stereocenters. The van der Waals surface area contributed by atoms with Gasteiger partial charge in [0.25, 0.3) is 0 Å². The second kappa shape index (κ2) is 7.74. The van der Waals surface area contributed by atoms with Gasteiger partial charge in [0.2, 0.25) is 10.4 Å². The molecule has 108 valence electrons. The standard InChI is InChI=1S/C13H14N.CH4O4S/c1-14-9-7-13(8-10-14)11-12-5-3-2-4-6-12;1-5-6(2,3)4/h2-10H,11H2,1H3;1H3,(H,2,3,4)/q+1;/p-1. The minimum atomic E-state index is -4.41. The highest BCUT2D eigenvalue weighted by Gasteiger charge is 1.97. The fraction of sp³-hybridized carbons (Fsp3) is 0.214. The van der Waals surface area contributed by atoms with Gasteiger partial charge in [0.1, 0.15) is 7.05 Å². The van der Waals surface area contributed by atoms with Crippen LogP contribution in [-0.4, -0.2) is 20.1 Å². The van der Waals surface area contributed by atoms with Crippen molar-refractivity contribution in [1.82, 2.24) is 0 Å². The lowest BCUT2D eigenvalue weighted by atomic mass is 10.1. The minimum Gasteiger partial charge on any atom is -0.726 e. The molecule has 0 spiro atoms. The van der Waals surface area contributed by atoms with Crippen LogP contribution in [0.25, 0.3) is 0 Å². The fourth-order valence-electron chi connectivity index (χ4n) is 1.48. The molecule has 0 N–H and O–H groups in total. The first kappa shape index (κ1) is 16.3. The first-order chi connectivity index (χ1) is 9.40. The summed E-state index contributed by atoms with van der Waals surface area (Å²) in [6, 6.07) is 14.9. The van der Waals surface area contributed by atoms with Gasteiger partial charge >= 0.3 is 0 Å². The summed E-state index contributed by atoms with van der Waals surface area (Å²) in [6.07, 6.45) is 5.18. The van der Waals surface area contributed by atoms with Crippen molar-refractivity contribution in [1.29, 1.82) is 0 Å². The normalized spacial score (nSPS) is 10.6. The Morgan fingerprint density at radius 3 is 1.95 bits per heavy atom. The highest BCUT2D eigenvalue weighted by Crippen LogP contribution is 2.06. The Morgan fingerprint density at radius 2 is 1.50 bits per heavy atom. The predicted octanol–water partition coefficient (Wildman–Crippen LogP) is 1.19. The van der Waals surface area contributed by atoms with Crippen LogP contribution in [0.2, 0.25) is 0 Å². The molecule has 0 saturated heterocycles. The average molecular weight is 295 g/mol. The van der Waals surface area contributed by atoms with Crippen molar-refractivity contribution in [3.63, 3.8) is 0 Å². The van der Waals surface area contributed by atoms with E-state index in [2.05, 4.69) is 63.6 Å². The summed E-state index contributed by atoms with van der Waals surface area (Å²) in [5, 5.41) is 0. The SMILES string of the molecule is COS(=O)(=O)[O-].C[n+]1ccc(Cc2ccccc2)cc1. The van der Waals surface area contributed by atoms with Crippen molar-refractivity contribution in [3.05, 3.63) is 66.0 Å². The van der Waals surface area contributed by atoms with Crippen molar-refractivity contribution in [3.8, 4) is 0 Å². The van der Waals surface area contributed by atoms with Gasteiger partial charge in [-0.3, -0.25) is 4.18 Å². The third-order valence-electron chi connectivity index (χ3n) is 2.50. The molecule has 0 fully saturated rings. The van der Waals surface area contributed by atoms with Crippen molar-refractivity contribution in [2.45, 2.75) is 6.42 Å². The molecule has 0 unspecified atom stereocenters. The summed E-state index contributed by atoms with van der Waals surface area (Å²) in [5.74, 6) is 0. The van der Waals surface area contributed by atoms with Crippen LogP contribution in [0, 0.1) is 0 Å². The highest BCUT2D eigenvalue weighted by molar-refractivity contribution is 7.80. The number of aryl methyl sites for hydroxylation is 1. The van der Waals surface area contributed by atoms with Crippen LogP contribution in [0.5, 0.6) is 0 Å². The van der Waals surface area contributed by atoms with Crippen molar-refractivity contribution >= 4 is 10.4 Å². The molecule has 2 aromatic rings. The fourth-order valence-corrected chi connectivity index (χ4v) is 1.48. The second-order valence-corrected chi connectivity index (χ2v) is 5.26. The number of nitrogens with zero attached hydrogens (tertiary/aromatic N) is 1. The molecule has 0 aliphatic rings. The lowest BCUT2D eigenvalue weighted by molar-refractivity contribution is -0.671. The van der Waals surface area contributed by atoms with Gasteiger partial charge in [-0.15, -0.1) is 0 Å². The predicted molar refractivity (Wildman–Crippen MR) is 73.6 cm³/mol. The Balaban J connectivity index is 0.000000286. The molecular weight excluding hydrogens is 278 g/mol. The zero-order valence-electron chi connectivity index (χ0n) is 11.4. The molecule has 20 heavy (non-hydrogen) atoms. The van der Waals surface area contributed by atoms with Crippen LogP contribution in [0.4, 0.5) is 0 Å². The maximum atomic E-state index is 9.22. The molecule has 0 aliphatic heterocycles. The van der Waals surface area contributed by atoms with E-state index in [0.29, 0.717) is 0 Å². The Kier molecular flexibility index (Phi) is 6.30. The number of hydrogen-bond donors (Lipinski definition) is 0. The summed E-state index contributed by atoms with van der Waals surface area (Å²) in [7, 11) is -1.57. The minimum absolute atomic E-state index is 0.808. The van der Waals surface area contributed by atoms with E-state index in [1.165, 1.54) is 11.1 Å². The molecule has 0 aliphatic carbocycles. The monoisotopic (exact) mass is 295 g/mol. The largest absolute Gasteiger partial charge is 0.726 e. The van der Waals surface area contributed by atoms with Crippen LogP contribution < -0.4 is 4.57 Å². The smallest absolute Gasteiger partial charge is 0.217 e. The lowest BCUT2D eigenvalue weighted by Gasteiger charge is -1.99. The van der Waals surface area contributed by atoms with Gasteiger partial charge in [-0.2, -0.15) is 0 Å². The number of benzene rings is 1. The summed E-state index contributed by atoms with van der Waals surface area (Å²) in [4.78, 5) is 0. The maximum Gasteiger partial charge on any atom is 0.217 e. The molecule has 5 nitrogen and oxygen atoms in total. The number of rotatable bonds is 3. The van der Waals surface area contributed by atoms with Crippen LogP contribution in [0.3, 0.4) is 0 Å². The van der Waals surface area contributed by atoms with Crippen LogP contribution in [0.15, 0.2) is 54.9 Å². The van der Waals surface area contributed by atoms with Gasteiger partial charge in [0.05, 0.1) is 7.11 Å². The molecule has 0 saturated carbocycles.